The van der Waals surface area contributed by atoms with Crippen LogP contribution in [0.1, 0.15) is 45.2 Å². The van der Waals surface area contributed by atoms with Gasteiger partial charge in [0.05, 0.1) is 16.3 Å². The third kappa shape index (κ3) is 3.66. The fraction of sp³-hybridized carbons (Fsp3) is 0.625. The van der Waals surface area contributed by atoms with Gasteiger partial charge in [0.15, 0.2) is 0 Å². The molecule has 0 amide bonds. The van der Waals surface area contributed by atoms with E-state index < -0.39 is 5.60 Å². The van der Waals surface area contributed by atoms with Gasteiger partial charge in [-0.05, 0) is 50.9 Å². The van der Waals surface area contributed by atoms with Crippen molar-refractivity contribution in [2.45, 2.75) is 45.3 Å². The van der Waals surface area contributed by atoms with E-state index in [0.29, 0.717) is 12.6 Å². The van der Waals surface area contributed by atoms with Crippen LogP contribution in [0.3, 0.4) is 0 Å². The molecule has 1 aromatic carbocycles. The normalized spacial score (nSPS) is 24.8. The van der Waals surface area contributed by atoms with Crippen molar-refractivity contribution in [3.05, 3.63) is 28.8 Å². The number of piperidine rings is 1. The van der Waals surface area contributed by atoms with Gasteiger partial charge in [-0.15, -0.1) is 0 Å². The van der Waals surface area contributed by atoms with Crippen LogP contribution in [-0.4, -0.2) is 30.3 Å². The Kier molecular flexibility index (Phi) is 4.95. The molecular weight excluding hydrogens is 272 g/mol. The summed E-state index contributed by atoms with van der Waals surface area (Å²) in [6.07, 6.45) is 1.86. The third-order valence-electron chi connectivity index (χ3n) is 4.00. The van der Waals surface area contributed by atoms with Crippen LogP contribution in [-0.2, 0) is 0 Å². The summed E-state index contributed by atoms with van der Waals surface area (Å²) in [6.45, 7) is 8.68. The molecular formula is C16H25ClN2O. The number of hydrogen-bond acceptors (Lipinski definition) is 3. The first-order chi connectivity index (χ1) is 9.43. The first-order valence-corrected chi connectivity index (χ1v) is 7.81. The molecule has 2 rings (SSSR count). The summed E-state index contributed by atoms with van der Waals surface area (Å²) in [4.78, 5) is 2.19. The largest absolute Gasteiger partial charge is 0.388 e. The summed E-state index contributed by atoms with van der Waals surface area (Å²) >= 11 is 6.45. The minimum Gasteiger partial charge on any atom is -0.388 e. The van der Waals surface area contributed by atoms with Crippen LogP contribution in [0, 0.1) is 0 Å². The van der Waals surface area contributed by atoms with Gasteiger partial charge in [-0.3, -0.25) is 0 Å². The lowest BCUT2D eigenvalue weighted by Gasteiger charge is -2.38. The first-order valence-electron chi connectivity index (χ1n) is 7.43. The average Bonchev–Trinajstić information content (AvgIpc) is 2.37. The maximum Gasteiger partial charge on any atom is 0.0794 e. The molecule has 0 spiro atoms. The Balaban J connectivity index is 2.17. The molecule has 1 aliphatic heterocycles. The van der Waals surface area contributed by atoms with Gasteiger partial charge in [-0.25, -0.2) is 0 Å². The number of benzene rings is 1. The highest BCUT2D eigenvalue weighted by molar-refractivity contribution is 6.33. The number of β-amino-alcohol motifs (C(OH)–C–C–N with tert-alkyl or cyclic N) is 1. The molecule has 1 aliphatic rings. The molecule has 1 heterocycles. The van der Waals surface area contributed by atoms with Crippen molar-refractivity contribution in [3.63, 3.8) is 0 Å². The fourth-order valence-electron chi connectivity index (χ4n) is 2.90. The number of hydrogen-bond donors (Lipinski definition) is 2. The topological polar surface area (TPSA) is 35.5 Å². The molecule has 1 aromatic rings. The molecule has 2 atom stereocenters. The SMILES string of the molecule is CCNC(C)c1ccc(N2CCCC(C)(O)C2)c(Cl)c1. The molecule has 0 saturated carbocycles. The number of aliphatic hydroxyl groups is 1. The zero-order valence-electron chi connectivity index (χ0n) is 12.6. The highest BCUT2D eigenvalue weighted by atomic mass is 35.5. The van der Waals surface area contributed by atoms with Gasteiger partial charge >= 0.3 is 0 Å². The molecule has 1 fully saturated rings. The minimum absolute atomic E-state index is 0.302. The van der Waals surface area contributed by atoms with Crippen LogP contribution in [0.5, 0.6) is 0 Å². The van der Waals surface area contributed by atoms with Crippen molar-refractivity contribution in [2.24, 2.45) is 0 Å². The van der Waals surface area contributed by atoms with Crippen molar-refractivity contribution in [1.29, 1.82) is 0 Å². The van der Waals surface area contributed by atoms with E-state index in [1.807, 2.05) is 13.0 Å². The second kappa shape index (κ2) is 6.33. The predicted molar refractivity (Wildman–Crippen MR) is 85.6 cm³/mol. The maximum absolute atomic E-state index is 10.2. The van der Waals surface area contributed by atoms with Crippen LogP contribution in [0.25, 0.3) is 0 Å². The summed E-state index contributed by atoms with van der Waals surface area (Å²) in [5, 5.41) is 14.4. The molecule has 4 heteroatoms. The van der Waals surface area contributed by atoms with Gasteiger partial charge in [-0.1, -0.05) is 24.6 Å². The highest BCUT2D eigenvalue weighted by Crippen LogP contribution is 2.32. The average molecular weight is 297 g/mol. The van der Waals surface area contributed by atoms with Crippen molar-refractivity contribution < 1.29 is 5.11 Å². The number of nitrogens with zero attached hydrogens (tertiary/aromatic N) is 1. The molecule has 20 heavy (non-hydrogen) atoms. The van der Waals surface area contributed by atoms with E-state index in [1.54, 1.807) is 0 Å². The summed E-state index contributed by atoms with van der Waals surface area (Å²) in [7, 11) is 0. The van der Waals surface area contributed by atoms with E-state index in [0.717, 1.165) is 36.6 Å². The lowest BCUT2D eigenvalue weighted by molar-refractivity contribution is 0.0449. The summed E-state index contributed by atoms with van der Waals surface area (Å²) < 4.78 is 0. The van der Waals surface area contributed by atoms with Gasteiger partial charge in [0, 0.05) is 19.1 Å². The Labute approximate surface area is 126 Å². The van der Waals surface area contributed by atoms with Crippen molar-refractivity contribution in [3.8, 4) is 0 Å². The van der Waals surface area contributed by atoms with Crippen LogP contribution in [0.2, 0.25) is 5.02 Å². The summed E-state index contributed by atoms with van der Waals surface area (Å²) in [5.74, 6) is 0. The number of anilines is 1. The minimum atomic E-state index is -0.614. The second-order valence-corrected chi connectivity index (χ2v) is 6.42. The predicted octanol–water partition coefficient (Wildman–Crippen LogP) is 3.36. The molecule has 1 saturated heterocycles. The van der Waals surface area contributed by atoms with Crippen molar-refractivity contribution >= 4 is 17.3 Å². The van der Waals surface area contributed by atoms with Gasteiger partial charge in [0.25, 0.3) is 0 Å². The van der Waals surface area contributed by atoms with Gasteiger partial charge in [0.2, 0.25) is 0 Å². The van der Waals surface area contributed by atoms with E-state index in [9.17, 15) is 5.11 Å². The Bertz CT molecular complexity index is 462. The Hall–Kier alpha value is -0.770. The molecule has 2 N–H and O–H groups in total. The fourth-order valence-corrected chi connectivity index (χ4v) is 3.21. The van der Waals surface area contributed by atoms with Gasteiger partial charge in [0.1, 0.15) is 0 Å². The van der Waals surface area contributed by atoms with Gasteiger partial charge < -0.3 is 15.3 Å². The van der Waals surface area contributed by atoms with Crippen LogP contribution in [0.15, 0.2) is 18.2 Å². The number of halogens is 1. The van der Waals surface area contributed by atoms with E-state index in [-0.39, 0.29) is 0 Å². The summed E-state index contributed by atoms with van der Waals surface area (Å²) in [6, 6.07) is 6.54. The third-order valence-corrected chi connectivity index (χ3v) is 4.30. The van der Waals surface area contributed by atoms with Crippen LogP contribution < -0.4 is 10.2 Å². The molecule has 2 unspecified atom stereocenters. The maximum atomic E-state index is 10.2. The quantitative estimate of drug-likeness (QED) is 0.894. The monoisotopic (exact) mass is 296 g/mol. The lowest BCUT2D eigenvalue weighted by atomic mass is 9.94. The molecule has 0 radical (unpaired) electrons. The van der Waals surface area contributed by atoms with Crippen LogP contribution >= 0.6 is 11.6 Å². The molecule has 0 bridgehead atoms. The Morgan fingerprint density at radius 1 is 1.50 bits per heavy atom. The van der Waals surface area contributed by atoms with Crippen molar-refractivity contribution in [2.75, 3.05) is 24.5 Å². The Morgan fingerprint density at radius 2 is 2.25 bits per heavy atom. The highest BCUT2D eigenvalue weighted by Gasteiger charge is 2.29. The standard InChI is InChI=1S/C16H25ClN2O/c1-4-18-12(2)13-6-7-15(14(17)10-13)19-9-5-8-16(3,20)11-19/h6-7,10,12,18,20H,4-5,8-9,11H2,1-3H3. The van der Waals surface area contributed by atoms with Crippen molar-refractivity contribution in [1.82, 2.24) is 5.32 Å². The number of nitrogens with one attached hydrogen (secondary N) is 1. The van der Waals surface area contributed by atoms with E-state index in [4.69, 9.17) is 11.6 Å². The molecule has 112 valence electrons. The zero-order valence-corrected chi connectivity index (χ0v) is 13.4. The number of rotatable bonds is 4. The second-order valence-electron chi connectivity index (χ2n) is 6.01. The van der Waals surface area contributed by atoms with Crippen LogP contribution in [0.4, 0.5) is 5.69 Å². The lowest BCUT2D eigenvalue weighted by Crippen LogP contribution is -2.46. The van der Waals surface area contributed by atoms with E-state index >= 15 is 0 Å². The molecule has 0 aliphatic carbocycles. The zero-order chi connectivity index (χ0) is 14.8. The molecule has 0 aromatic heterocycles. The van der Waals surface area contributed by atoms with Gasteiger partial charge in [-0.2, -0.15) is 0 Å². The summed E-state index contributed by atoms with van der Waals surface area (Å²) in [5.41, 5.74) is 1.61. The first kappa shape index (κ1) is 15.6. The van der Waals surface area contributed by atoms with E-state index in [1.165, 1.54) is 5.56 Å². The smallest absolute Gasteiger partial charge is 0.0794 e. The Morgan fingerprint density at radius 3 is 2.85 bits per heavy atom. The molecule has 3 nitrogen and oxygen atoms in total. The van der Waals surface area contributed by atoms with E-state index in [2.05, 4.69) is 36.2 Å².